The maximum Gasteiger partial charge on any atom is 0.217 e. The minimum absolute atomic E-state index is 0. The van der Waals surface area contributed by atoms with Crippen molar-refractivity contribution in [2.24, 2.45) is 0 Å². The number of rotatable bonds is 7. The van der Waals surface area contributed by atoms with Crippen molar-refractivity contribution in [2.45, 2.75) is 32.1 Å². The fourth-order valence-corrected chi connectivity index (χ4v) is 4.03. The lowest BCUT2D eigenvalue weighted by Gasteiger charge is -2.32. The van der Waals surface area contributed by atoms with Gasteiger partial charge in [-0.1, -0.05) is 30.3 Å². The Morgan fingerprint density at radius 2 is 1.71 bits per heavy atom. The van der Waals surface area contributed by atoms with E-state index in [2.05, 4.69) is 45.2 Å². The van der Waals surface area contributed by atoms with E-state index in [4.69, 9.17) is 4.74 Å². The quantitative estimate of drug-likeness (QED) is 0.511. The smallest absolute Gasteiger partial charge is 0.217 e. The number of phenols is 1. The molecule has 0 spiro atoms. The SMILES string of the molecule is Cc1cc(OCCCN2CCC(c3ccccc3)CC2)nc(-c2ccc(O)cc2)n1.Cl. The second-order valence-corrected chi connectivity index (χ2v) is 7.95. The van der Waals surface area contributed by atoms with E-state index in [9.17, 15) is 5.11 Å². The van der Waals surface area contributed by atoms with Gasteiger partial charge in [-0.3, -0.25) is 0 Å². The second kappa shape index (κ2) is 11.1. The minimum Gasteiger partial charge on any atom is -0.508 e. The normalized spacial score (nSPS) is 14.7. The van der Waals surface area contributed by atoms with Gasteiger partial charge in [-0.05, 0) is 75.0 Å². The lowest BCUT2D eigenvalue weighted by molar-refractivity contribution is 0.191. The molecular weight excluding hydrogens is 410 g/mol. The number of hydrogen-bond acceptors (Lipinski definition) is 5. The highest BCUT2D eigenvalue weighted by molar-refractivity contribution is 5.85. The number of halogens is 1. The molecule has 5 nitrogen and oxygen atoms in total. The zero-order valence-electron chi connectivity index (χ0n) is 17.9. The number of ether oxygens (including phenoxy) is 1. The van der Waals surface area contributed by atoms with Crippen molar-refractivity contribution >= 4 is 12.4 Å². The van der Waals surface area contributed by atoms with Gasteiger partial charge < -0.3 is 14.7 Å². The van der Waals surface area contributed by atoms with Gasteiger partial charge in [0.1, 0.15) is 5.75 Å². The van der Waals surface area contributed by atoms with Crippen molar-refractivity contribution in [3.05, 3.63) is 71.9 Å². The molecule has 1 aromatic heterocycles. The summed E-state index contributed by atoms with van der Waals surface area (Å²) in [7, 11) is 0. The van der Waals surface area contributed by atoms with Crippen molar-refractivity contribution in [1.82, 2.24) is 14.9 Å². The molecule has 3 aromatic rings. The van der Waals surface area contributed by atoms with Crippen LogP contribution in [0.25, 0.3) is 11.4 Å². The molecule has 1 N–H and O–H groups in total. The number of phenolic OH excluding ortho intramolecular Hbond substituents is 1. The summed E-state index contributed by atoms with van der Waals surface area (Å²) in [4.78, 5) is 11.6. The van der Waals surface area contributed by atoms with Crippen LogP contribution in [0, 0.1) is 6.92 Å². The third-order valence-electron chi connectivity index (χ3n) is 5.68. The van der Waals surface area contributed by atoms with Crippen LogP contribution in [-0.2, 0) is 0 Å². The van der Waals surface area contributed by atoms with Gasteiger partial charge in [-0.2, -0.15) is 4.98 Å². The first kappa shape index (κ1) is 23.0. The molecule has 0 aliphatic carbocycles. The molecule has 0 saturated carbocycles. The van der Waals surface area contributed by atoms with E-state index in [1.54, 1.807) is 12.1 Å². The van der Waals surface area contributed by atoms with Crippen molar-refractivity contribution in [3.8, 4) is 23.0 Å². The second-order valence-electron chi connectivity index (χ2n) is 7.95. The third kappa shape index (κ3) is 6.42. The molecule has 2 heterocycles. The molecule has 6 heteroatoms. The summed E-state index contributed by atoms with van der Waals surface area (Å²) < 4.78 is 5.93. The highest BCUT2D eigenvalue weighted by atomic mass is 35.5. The predicted octanol–water partition coefficient (Wildman–Crippen LogP) is 5.23. The number of hydrogen-bond donors (Lipinski definition) is 1. The van der Waals surface area contributed by atoms with Gasteiger partial charge in [-0.15, -0.1) is 12.4 Å². The van der Waals surface area contributed by atoms with E-state index in [1.165, 1.54) is 18.4 Å². The van der Waals surface area contributed by atoms with Crippen LogP contribution in [0.3, 0.4) is 0 Å². The van der Waals surface area contributed by atoms with Gasteiger partial charge >= 0.3 is 0 Å². The number of benzene rings is 2. The van der Waals surface area contributed by atoms with E-state index in [0.29, 0.717) is 24.2 Å². The maximum atomic E-state index is 9.47. The molecule has 31 heavy (non-hydrogen) atoms. The summed E-state index contributed by atoms with van der Waals surface area (Å²) in [6, 6.07) is 19.7. The van der Waals surface area contributed by atoms with Crippen LogP contribution in [0.4, 0.5) is 0 Å². The van der Waals surface area contributed by atoms with Crippen molar-refractivity contribution in [2.75, 3.05) is 26.2 Å². The van der Waals surface area contributed by atoms with Crippen LogP contribution in [0.15, 0.2) is 60.7 Å². The predicted molar refractivity (Wildman–Crippen MR) is 126 cm³/mol. The molecule has 1 aliphatic rings. The molecule has 2 aromatic carbocycles. The average molecular weight is 440 g/mol. The number of nitrogens with zero attached hydrogens (tertiary/aromatic N) is 3. The Bertz CT molecular complexity index is 943. The zero-order valence-corrected chi connectivity index (χ0v) is 18.7. The van der Waals surface area contributed by atoms with E-state index in [1.807, 2.05) is 25.1 Å². The van der Waals surface area contributed by atoms with Crippen molar-refractivity contribution in [3.63, 3.8) is 0 Å². The van der Waals surface area contributed by atoms with E-state index < -0.39 is 0 Å². The van der Waals surface area contributed by atoms with Crippen LogP contribution in [-0.4, -0.2) is 46.2 Å². The Kier molecular flexibility index (Phi) is 8.27. The molecule has 4 rings (SSSR count). The van der Waals surface area contributed by atoms with Crippen LogP contribution >= 0.6 is 12.4 Å². The number of aromatic hydroxyl groups is 1. The summed E-state index contributed by atoms with van der Waals surface area (Å²) in [6.45, 7) is 5.93. The van der Waals surface area contributed by atoms with Crippen molar-refractivity contribution < 1.29 is 9.84 Å². The van der Waals surface area contributed by atoms with Gasteiger partial charge in [0, 0.05) is 23.9 Å². The largest absolute Gasteiger partial charge is 0.508 e. The van der Waals surface area contributed by atoms with Gasteiger partial charge in [-0.25, -0.2) is 4.98 Å². The molecule has 0 amide bonds. The Hall–Kier alpha value is -2.63. The van der Waals surface area contributed by atoms with E-state index >= 15 is 0 Å². The highest BCUT2D eigenvalue weighted by Crippen LogP contribution is 2.27. The first-order valence-corrected chi connectivity index (χ1v) is 10.7. The molecule has 1 saturated heterocycles. The maximum absolute atomic E-state index is 9.47. The lowest BCUT2D eigenvalue weighted by Crippen LogP contribution is -2.34. The fourth-order valence-electron chi connectivity index (χ4n) is 4.03. The number of likely N-dealkylation sites (tertiary alicyclic amines) is 1. The Morgan fingerprint density at radius 1 is 1.00 bits per heavy atom. The highest BCUT2D eigenvalue weighted by Gasteiger charge is 2.20. The summed E-state index contributed by atoms with van der Waals surface area (Å²) >= 11 is 0. The molecule has 0 atom stereocenters. The summed E-state index contributed by atoms with van der Waals surface area (Å²) in [5.74, 6) is 2.15. The first-order chi connectivity index (χ1) is 14.7. The topological polar surface area (TPSA) is 58.5 Å². The first-order valence-electron chi connectivity index (χ1n) is 10.7. The molecular formula is C25H30ClN3O2. The Morgan fingerprint density at radius 3 is 2.42 bits per heavy atom. The summed E-state index contributed by atoms with van der Waals surface area (Å²) in [5, 5.41) is 9.47. The minimum atomic E-state index is 0. The van der Waals surface area contributed by atoms with Gasteiger partial charge in [0.25, 0.3) is 0 Å². The number of aromatic nitrogens is 2. The summed E-state index contributed by atoms with van der Waals surface area (Å²) in [6.07, 6.45) is 3.44. The zero-order chi connectivity index (χ0) is 20.8. The third-order valence-corrected chi connectivity index (χ3v) is 5.68. The van der Waals surface area contributed by atoms with Crippen LogP contribution in [0.5, 0.6) is 11.6 Å². The Balaban J connectivity index is 0.00000272. The van der Waals surface area contributed by atoms with E-state index in [0.717, 1.165) is 37.3 Å². The molecule has 0 unspecified atom stereocenters. The number of aryl methyl sites for hydroxylation is 1. The fraction of sp³-hybridized carbons (Fsp3) is 0.360. The average Bonchev–Trinajstić information content (AvgIpc) is 2.78. The summed E-state index contributed by atoms with van der Waals surface area (Å²) in [5.41, 5.74) is 3.21. The van der Waals surface area contributed by atoms with Crippen LogP contribution in [0.1, 0.15) is 36.4 Å². The number of piperidine rings is 1. The van der Waals surface area contributed by atoms with Gasteiger partial charge in [0.2, 0.25) is 5.88 Å². The monoisotopic (exact) mass is 439 g/mol. The van der Waals surface area contributed by atoms with Crippen LogP contribution < -0.4 is 4.74 Å². The lowest BCUT2D eigenvalue weighted by atomic mass is 9.89. The van der Waals surface area contributed by atoms with Gasteiger partial charge in [0.15, 0.2) is 5.82 Å². The Labute approximate surface area is 190 Å². The van der Waals surface area contributed by atoms with Gasteiger partial charge in [0.05, 0.1) is 6.61 Å². The molecule has 1 fully saturated rings. The van der Waals surface area contributed by atoms with E-state index in [-0.39, 0.29) is 18.2 Å². The molecule has 0 radical (unpaired) electrons. The molecule has 1 aliphatic heterocycles. The molecule has 164 valence electrons. The molecule has 0 bridgehead atoms. The van der Waals surface area contributed by atoms with Crippen molar-refractivity contribution in [1.29, 1.82) is 0 Å². The van der Waals surface area contributed by atoms with Crippen LogP contribution in [0.2, 0.25) is 0 Å². The standard InChI is InChI=1S/C25H29N3O2.ClH/c1-19-18-24(27-25(26-19)22-8-10-23(29)11-9-22)30-17-5-14-28-15-12-21(13-16-28)20-6-3-2-4-7-20;/h2-4,6-11,18,21,29H,5,12-17H2,1H3;1H.